The van der Waals surface area contributed by atoms with Gasteiger partial charge in [-0.25, -0.2) is 0 Å². The van der Waals surface area contributed by atoms with Crippen molar-refractivity contribution in [2.24, 2.45) is 0 Å². The van der Waals surface area contributed by atoms with Crippen LogP contribution in [-0.4, -0.2) is 6.61 Å². The third-order valence-corrected chi connectivity index (χ3v) is 4.34. The van der Waals surface area contributed by atoms with Gasteiger partial charge in [-0.2, -0.15) is 5.26 Å². The SMILES string of the molecule is Cc1cc(C(C)NCc2cccc(OCC#N)c2)c(C)s1. The van der Waals surface area contributed by atoms with Gasteiger partial charge in [-0.05, 0) is 50.1 Å². The Morgan fingerprint density at radius 2 is 2.14 bits per heavy atom. The van der Waals surface area contributed by atoms with Crippen LogP contribution in [0.25, 0.3) is 0 Å². The highest BCUT2D eigenvalue weighted by Gasteiger charge is 2.10. The van der Waals surface area contributed by atoms with Crippen LogP contribution in [0, 0.1) is 25.2 Å². The number of aryl methyl sites for hydroxylation is 2. The molecule has 0 aliphatic rings. The average Bonchev–Trinajstić information content (AvgIpc) is 2.82. The molecule has 2 rings (SSSR count). The minimum Gasteiger partial charge on any atom is -0.479 e. The van der Waals surface area contributed by atoms with Gasteiger partial charge in [-0.3, -0.25) is 0 Å². The number of ether oxygens (including phenoxy) is 1. The molecular formula is C17H20N2OS. The summed E-state index contributed by atoms with van der Waals surface area (Å²) in [5.74, 6) is 0.742. The molecule has 1 atom stereocenters. The molecule has 1 heterocycles. The van der Waals surface area contributed by atoms with E-state index in [2.05, 4.69) is 38.2 Å². The van der Waals surface area contributed by atoms with Crippen LogP contribution in [0.2, 0.25) is 0 Å². The van der Waals surface area contributed by atoms with E-state index >= 15 is 0 Å². The molecule has 0 radical (unpaired) electrons. The topological polar surface area (TPSA) is 45.0 Å². The normalized spacial score (nSPS) is 11.9. The van der Waals surface area contributed by atoms with Crippen LogP contribution in [0.5, 0.6) is 5.75 Å². The summed E-state index contributed by atoms with van der Waals surface area (Å²) in [6.07, 6.45) is 0. The zero-order chi connectivity index (χ0) is 15.2. The maximum Gasteiger partial charge on any atom is 0.174 e. The quantitative estimate of drug-likeness (QED) is 0.873. The first-order valence-electron chi connectivity index (χ1n) is 6.99. The number of nitrogens with zero attached hydrogens (tertiary/aromatic N) is 1. The number of rotatable bonds is 6. The zero-order valence-electron chi connectivity index (χ0n) is 12.6. The van der Waals surface area contributed by atoms with Gasteiger partial charge in [0.2, 0.25) is 0 Å². The van der Waals surface area contributed by atoms with Gasteiger partial charge in [-0.1, -0.05) is 12.1 Å². The number of benzene rings is 1. The molecule has 0 saturated carbocycles. The summed E-state index contributed by atoms with van der Waals surface area (Å²) in [5.41, 5.74) is 2.52. The van der Waals surface area contributed by atoms with Crippen molar-refractivity contribution in [3.63, 3.8) is 0 Å². The lowest BCUT2D eigenvalue weighted by atomic mass is 10.1. The molecule has 1 N–H and O–H groups in total. The maximum atomic E-state index is 8.54. The van der Waals surface area contributed by atoms with Crippen LogP contribution in [0.4, 0.5) is 0 Å². The van der Waals surface area contributed by atoms with Gasteiger partial charge in [0.15, 0.2) is 6.61 Å². The van der Waals surface area contributed by atoms with Crippen LogP contribution in [0.3, 0.4) is 0 Å². The van der Waals surface area contributed by atoms with Crippen LogP contribution in [0.15, 0.2) is 30.3 Å². The molecule has 0 aliphatic carbocycles. The highest BCUT2D eigenvalue weighted by atomic mass is 32.1. The molecule has 0 amide bonds. The Balaban J connectivity index is 1.96. The summed E-state index contributed by atoms with van der Waals surface area (Å²) >= 11 is 1.84. The standard InChI is InChI=1S/C17H20N2OS/c1-12-9-17(14(3)21-12)13(2)19-11-15-5-4-6-16(10-15)20-8-7-18/h4-6,9-10,13,19H,8,11H2,1-3H3. The summed E-state index contributed by atoms with van der Waals surface area (Å²) < 4.78 is 5.32. The van der Waals surface area contributed by atoms with Gasteiger partial charge >= 0.3 is 0 Å². The fourth-order valence-corrected chi connectivity index (χ4v) is 3.34. The zero-order valence-corrected chi connectivity index (χ0v) is 13.5. The number of hydrogen-bond acceptors (Lipinski definition) is 4. The molecule has 1 aromatic carbocycles. The Bertz CT molecular complexity index is 642. The van der Waals surface area contributed by atoms with Gasteiger partial charge in [0, 0.05) is 22.3 Å². The fraction of sp³-hybridized carbons (Fsp3) is 0.353. The Hall–Kier alpha value is -1.83. The molecule has 21 heavy (non-hydrogen) atoms. The van der Waals surface area contributed by atoms with Crippen molar-refractivity contribution in [1.82, 2.24) is 5.32 Å². The molecule has 110 valence electrons. The molecule has 4 heteroatoms. The van der Waals surface area contributed by atoms with Gasteiger partial charge in [0.1, 0.15) is 11.8 Å². The third kappa shape index (κ3) is 4.32. The van der Waals surface area contributed by atoms with E-state index in [0.717, 1.165) is 17.9 Å². The lowest BCUT2D eigenvalue weighted by molar-refractivity contribution is 0.367. The van der Waals surface area contributed by atoms with Crippen molar-refractivity contribution in [3.05, 3.63) is 51.2 Å². The summed E-state index contributed by atoms with van der Waals surface area (Å²) in [4.78, 5) is 2.72. The highest BCUT2D eigenvalue weighted by molar-refractivity contribution is 7.12. The molecule has 0 bridgehead atoms. The van der Waals surface area contributed by atoms with Crippen molar-refractivity contribution < 1.29 is 4.74 Å². The second kappa shape index (κ2) is 7.26. The van der Waals surface area contributed by atoms with Gasteiger partial charge in [-0.15, -0.1) is 11.3 Å². The number of hydrogen-bond donors (Lipinski definition) is 1. The second-order valence-electron chi connectivity index (χ2n) is 5.07. The lowest BCUT2D eigenvalue weighted by Gasteiger charge is -2.14. The number of nitriles is 1. The average molecular weight is 300 g/mol. The molecule has 1 unspecified atom stereocenters. The minimum atomic E-state index is 0.0840. The van der Waals surface area contributed by atoms with Crippen LogP contribution >= 0.6 is 11.3 Å². The molecule has 3 nitrogen and oxygen atoms in total. The van der Waals surface area contributed by atoms with E-state index < -0.39 is 0 Å². The predicted molar refractivity (Wildman–Crippen MR) is 86.6 cm³/mol. The third-order valence-electron chi connectivity index (χ3n) is 3.36. The first-order chi connectivity index (χ1) is 10.1. The molecule has 0 spiro atoms. The minimum absolute atomic E-state index is 0.0840. The summed E-state index contributed by atoms with van der Waals surface area (Å²) in [5, 5.41) is 12.1. The fourth-order valence-electron chi connectivity index (χ4n) is 2.32. The van der Waals surface area contributed by atoms with E-state index in [-0.39, 0.29) is 6.61 Å². The largest absolute Gasteiger partial charge is 0.479 e. The Labute approximate surface area is 130 Å². The number of thiophene rings is 1. The Morgan fingerprint density at radius 3 is 2.81 bits per heavy atom. The molecular weight excluding hydrogens is 280 g/mol. The Kier molecular flexibility index (Phi) is 5.38. The maximum absolute atomic E-state index is 8.54. The highest BCUT2D eigenvalue weighted by Crippen LogP contribution is 2.26. The predicted octanol–water partition coefficient (Wildman–Crippen LogP) is 4.12. The van der Waals surface area contributed by atoms with E-state index in [1.54, 1.807) is 0 Å². The lowest BCUT2D eigenvalue weighted by Crippen LogP contribution is -2.18. The van der Waals surface area contributed by atoms with Crippen LogP contribution < -0.4 is 10.1 Å². The second-order valence-corrected chi connectivity index (χ2v) is 6.53. The van der Waals surface area contributed by atoms with Crippen molar-refractivity contribution in [2.75, 3.05) is 6.61 Å². The molecule has 0 aliphatic heterocycles. The van der Waals surface area contributed by atoms with Crippen molar-refractivity contribution in [1.29, 1.82) is 5.26 Å². The molecule has 1 aromatic heterocycles. The van der Waals surface area contributed by atoms with E-state index in [1.807, 2.05) is 35.6 Å². The van der Waals surface area contributed by atoms with Gasteiger partial charge < -0.3 is 10.1 Å². The molecule has 0 saturated heterocycles. The van der Waals surface area contributed by atoms with E-state index in [1.165, 1.54) is 15.3 Å². The van der Waals surface area contributed by atoms with Gasteiger partial charge in [0.05, 0.1) is 0 Å². The van der Waals surface area contributed by atoms with E-state index in [0.29, 0.717) is 6.04 Å². The van der Waals surface area contributed by atoms with E-state index in [9.17, 15) is 0 Å². The van der Waals surface area contributed by atoms with Gasteiger partial charge in [0.25, 0.3) is 0 Å². The van der Waals surface area contributed by atoms with Crippen LogP contribution in [0.1, 0.15) is 33.8 Å². The molecule has 0 fully saturated rings. The first-order valence-corrected chi connectivity index (χ1v) is 7.81. The van der Waals surface area contributed by atoms with Crippen LogP contribution in [-0.2, 0) is 6.54 Å². The number of nitrogens with one attached hydrogen (secondary N) is 1. The summed E-state index contributed by atoms with van der Waals surface area (Å²) in [6.45, 7) is 7.36. The van der Waals surface area contributed by atoms with Crippen molar-refractivity contribution in [2.45, 2.75) is 33.4 Å². The summed E-state index contributed by atoms with van der Waals surface area (Å²) in [7, 11) is 0. The summed E-state index contributed by atoms with van der Waals surface area (Å²) in [6, 6.07) is 12.4. The smallest absolute Gasteiger partial charge is 0.174 e. The first kappa shape index (κ1) is 15.6. The monoisotopic (exact) mass is 300 g/mol. The Morgan fingerprint density at radius 1 is 1.33 bits per heavy atom. The molecule has 2 aromatic rings. The van der Waals surface area contributed by atoms with E-state index in [4.69, 9.17) is 10.00 Å². The van der Waals surface area contributed by atoms with Crippen molar-refractivity contribution in [3.8, 4) is 11.8 Å². The van der Waals surface area contributed by atoms with Crippen molar-refractivity contribution >= 4 is 11.3 Å².